The van der Waals surface area contributed by atoms with Crippen LogP contribution < -0.4 is 0 Å². The molecule has 12 heteroatoms. The third kappa shape index (κ3) is 9.27. The number of halogens is 2. The fourth-order valence-corrected chi connectivity index (χ4v) is 5.33. The number of rotatable bonds is 8. The van der Waals surface area contributed by atoms with Gasteiger partial charge in [0.1, 0.15) is 17.9 Å². The fourth-order valence-electron chi connectivity index (χ4n) is 4.29. The average molecular weight is 574 g/mol. The minimum Gasteiger partial charge on any atom is -0.508 e. The number of phenols is 1. The Morgan fingerprint density at radius 3 is 2.37 bits per heavy atom. The van der Waals surface area contributed by atoms with Crippen LogP contribution in [0.5, 0.6) is 5.75 Å². The van der Waals surface area contributed by atoms with Gasteiger partial charge in [-0.05, 0) is 42.3 Å². The van der Waals surface area contributed by atoms with Crippen molar-refractivity contribution in [1.82, 2.24) is 14.7 Å². The third-order valence-corrected chi connectivity index (χ3v) is 7.26. The topological polar surface area (TPSA) is 125 Å². The number of carboxylic acid groups (broad SMARTS) is 1. The van der Waals surface area contributed by atoms with E-state index in [4.69, 9.17) is 0 Å². The standard InChI is InChI=1S/C23H30BrFN3O6P/c24-19-3-1-17(2-4-19)11-21-14-27(16-35(32,33)34)8-7-26(9-10-28(21)15-23(30)31)13-18-12-20(25)5-6-22(18)29/h1-6,12,21,29H,7-11,13-16H2,(H,30,31)(H2,32,33,34). The molecule has 0 radical (unpaired) electrons. The van der Waals surface area contributed by atoms with E-state index in [2.05, 4.69) is 15.9 Å². The lowest BCUT2D eigenvalue weighted by atomic mass is 10.0. The summed E-state index contributed by atoms with van der Waals surface area (Å²) in [6.45, 7) is 1.79. The smallest absolute Gasteiger partial charge is 0.339 e. The van der Waals surface area contributed by atoms with Crippen molar-refractivity contribution in [2.75, 3.05) is 45.6 Å². The van der Waals surface area contributed by atoms with Gasteiger partial charge in [0, 0.05) is 55.3 Å². The summed E-state index contributed by atoms with van der Waals surface area (Å²) in [6.07, 6.45) is 0.0483. The average Bonchev–Trinajstić information content (AvgIpc) is 2.82. The van der Waals surface area contributed by atoms with Crippen LogP contribution in [0.1, 0.15) is 11.1 Å². The Balaban J connectivity index is 1.88. The van der Waals surface area contributed by atoms with Crippen molar-refractivity contribution in [3.63, 3.8) is 0 Å². The van der Waals surface area contributed by atoms with E-state index in [1.54, 1.807) is 9.80 Å². The highest BCUT2D eigenvalue weighted by Crippen LogP contribution is 2.35. The number of carboxylic acids is 1. The molecule has 1 atom stereocenters. The lowest BCUT2D eigenvalue weighted by Gasteiger charge is -2.34. The number of aliphatic carboxylic acids is 1. The highest BCUT2D eigenvalue weighted by Gasteiger charge is 2.29. The van der Waals surface area contributed by atoms with E-state index in [9.17, 15) is 33.7 Å². The quantitative estimate of drug-likeness (QED) is 0.352. The number of hydrogen-bond donors (Lipinski definition) is 4. The summed E-state index contributed by atoms with van der Waals surface area (Å²) >= 11 is 3.40. The normalized spacial score (nSPS) is 19.1. The van der Waals surface area contributed by atoms with Crippen LogP contribution in [0.4, 0.5) is 4.39 Å². The molecule has 2 aromatic carbocycles. The number of aromatic hydroxyl groups is 1. The Labute approximate surface area is 212 Å². The van der Waals surface area contributed by atoms with Crippen LogP contribution in [0, 0.1) is 5.82 Å². The number of hydrogen-bond acceptors (Lipinski definition) is 6. The van der Waals surface area contributed by atoms with Gasteiger partial charge in [0.15, 0.2) is 0 Å². The largest absolute Gasteiger partial charge is 0.508 e. The Bertz CT molecular complexity index is 1050. The number of phenolic OH excluding ortho intramolecular Hbond substituents is 1. The number of carbonyl (C=O) groups is 1. The predicted octanol–water partition coefficient (Wildman–Crippen LogP) is 2.54. The highest BCUT2D eigenvalue weighted by molar-refractivity contribution is 9.10. The zero-order valence-corrected chi connectivity index (χ0v) is 21.6. The van der Waals surface area contributed by atoms with E-state index in [0.717, 1.165) is 10.0 Å². The molecule has 4 N–H and O–H groups in total. The first kappa shape index (κ1) is 27.7. The van der Waals surface area contributed by atoms with Crippen LogP contribution in [0.2, 0.25) is 0 Å². The molecular formula is C23H30BrFN3O6P. The second kappa shape index (κ2) is 12.4. The van der Waals surface area contributed by atoms with Gasteiger partial charge in [-0.25, -0.2) is 4.39 Å². The van der Waals surface area contributed by atoms with Gasteiger partial charge in [-0.2, -0.15) is 0 Å². The molecule has 0 aliphatic carbocycles. The van der Waals surface area contributed by atoms with Crippen LogP contribution in [0.15, 0.2) is 46.9 Å². The van der Waals surface area contributed by atoms with E-state index < -0.39 is 25.7 Å². The molecule has 0 amide bonds. The van der Waals surface area contributed by atoms with Gasteiger partial charge in [0.25, 0.3) is 0 Å². The lowest BCUT2D eigenvalue weighted by molar-refractivity contribution is -0.139. The third-order valence-electron chi connectivity index (χ3n) is 5.96. The molecule has 2 aromatic rings. The Morgan fingerprint density at radius 2 is 1.71 bits per heavy atom. The summed E-state index contributed by atoms with van der Waals surface area (Å²) in [5.74, 6) is -1.53. The second-order valence-corrected chi connectivity index (χ2v) is 11.3. The fraction of sp³-hybridized carbons (Fsp3) is 0.435. The minimum atomic E-state index is -4.37. The van der Waals surface area contributed by atoms with Crippen molar-refractivity contribution in [3.05, 3.63) is 63.9 Å². The minimum absolute atomic E-state index is 0.0474. The summed E-state index contributed by atoms with van der Waals surface area (Å²) in [4.78, 5) is 36.4. The summed E-state index contributed by atoms with van der Waals surface area (Å²) in [5, 5.41) is 19.7. The first-order valence-corrected chi connectivity index (χ1v) is 13.7. The molecular weight excluding hydrogens is 544 g/mol. The molecule has 0 saturated carbocycles. The van der Waals surface area contributed by atoms with Crippen LogP contribution in [0.25, 0.3) is 0 Å². The van der Waals surface area contributed by atoms with Crippen molar-refractivity contribution < 1.29 is 33.7 Å². The van der Waals surface area contributed by atoms with Crippen LogP contribution >= 0.6 is 23.5 Å². The molecule has 1 saturated heterocycles. The van der Waals surface area contributed by atoms with Gasteiger partial charge < -0.3 is 20.0 Å². The Hall–Kier alpha value is -1.85. The maximum atomic E-state index is 13.7. The maximum Gasteiger partial charge on any atom is 0.339 e. The van der Waals surface area contributed by atoms with Crippen molar-refractivity contribution >= 4 is 29.5 Å². The molecule has 1 fully saturated rings. The van der Waals surface area contributed by atoms with E-state index in [0.29, 0.717) is 38.2 Å². The summed E-state index contributed by atoms with van der Waals surface area (Å²) in [7, 11) is -4.37. The first-order chi connectivity index (χ1) is 16.5. The van der Waals surface area contributed by atoms with Gasteiger partial charge in [0.05, 0.1) is 6.54 Å². The van der Waals surface area contributed by atoms with Gasteiger partial charge in [0.2, 0.25) is 0 Å². The molecule has 1 unspecified atom stereocenters. The summed E-state index contributed by atoms with van der Waals surface area (Å²) in [5.41, 5.74) is 1.37. The van der Waals surface area contributed by atoms with Crippen molar-refractivity contribution in [3.8, 4) is 5.75 Å². The zero-order chi connectivity index (χ0) is 25.6. The number of nitrogens with zero attached hydrogens (tertiary/aromatic N) is 3. The van der Waals surface area contributed by atoms with E-state index in [1.807, 2.05) is 29.2 Å². The predicted molar refractivity (Wildman–Crippen MR) is 133 cm³/mol. The Kier molecular flexibility index (Phi) is 9.83. The van der Waals surface area contributed by atoms with Gasteiger partial charge in [-0.3, -0.25) is 24.1 Å². The first-order valence-electron chi connectivity index (χ1n) is 11.2. The van der Waals surface area contributed by atoms with Crippen molar-refractivity contribution in [2.45, 2.75) is 19.0 Å². The molecule has 9 nitrogen and oxygen atoms in total. The highest BCUT2D eigenvalue weighted by atomic mass is 79.9. The maximum absolute atomic E-state index is 13.7. The molecule has 1 aliphatic heterocycles. The molecule has 0 aromatic heterocycles. The molecule has 192 valence electrons. The molecule has 3 rings (SSSR count). The SMILES string of the molecule is O=C(O)CN1CCN(Cc2cc(F)ccc2O)CCN(CP(=O)(O)O)CC1Cc1ccc(Br)cc1. The Morgan fingerprint density at radius 1 is 1.06 bits per heavy atom. The zero-order valence-electron chi connectivity index (χ0n) is 19.1. The van der Waals surface area contributed by atoms with Crippen molar-refractivity contribution in [2.24, 2.45) is 0 Å². The molecule has 0 bridgehead atoms. The lowest BCUT2D eigenvalue weighted by Crippen LogP contribution is -2.48. The van der Waals surface area contributed by atoms with Crippen LogP contribution in [-0.4, -0.2) is 92.3 Å². The van der Waals surface area contributed by atoms with Gasteiger partial charge in [-0.1, -0.05) is 28.1 Å². The summed E-state index contributed by atoms with van der Waals surface area (Å²) < 4.78 is 26.5. The van der Waals surface area contributed by atoms with Crippen molar-refractivity contribution in [1.29, 1.82) is 0 Å². The van der Waals surface area contributed by atoms with Crippen LogP contribution in [0.3, 0.4) is 0 Å². The van der Waals surface area contributed by atoms with E-state index >= 15 is 0 Å². The molecule has 1 aliphatic rings. The molecule has 35 heavy (non-hydrogen) atoms. The van der Waals surface area contributed by atoms with Crippen LogP contribution in [-0.2, 0) is 22.3 Å². The second-order valence-electron chi connectivity index (χ2n) is 8.78. The van der Waals surface area contributed by atoms with E-state index in [1.165, 1.54) is 18.2 Å². The monoisotopic (exact) mass is 573 g/mol. The number of benzene rings is 2. The van der Waals surface area contributed by atoms with Gasteiger partial charge in [-0.15, -0.1) is 0 Å². The molecule has 1 heterocycles. The van der Waals surface area contributed by atoms with E-state index in [-0.39, 0.29) is 31.4 Å². The summed E-state index contributed by atoms with van der Waals surface area (Å²) in [6, 6.07) is 11.1. The molecule has 0 spiro atoms. The van der Waals surface area contributed by atoms with Gasteiger partial charge >= 0.3 is 13.6 Å².